The van der Waals surface area contributed by atoms with Gasteiger partial charge in [0.05, 0.1) is 5.92 Å². The predicted octanol–water partition coefficient (Wildman–Crippen LogP) is 3.69. The summed E-state index contributed by atoms with van der Waals surface area (Å²) >= 11 is 1.69. The van der Waals surface area contributed by atoms with Gasteiger partial charge in [-0.05, 0) is 30.0 Å². The van der Waals surface area contributed by atoms with Crippen molar-refractivity contribution in [2.75, 3.05) is 25.3 Å². The fraction of sp³-hybridized carbons (Fsp3) is 0.211. The van der Waals surface area contributed by atoms with Crippen molar-refractivity contribution in [1.29, 1.82) is 5.26 Å². The van der Waals surface area contributed by atoms with E-state index in [2.05, 4.69) is 30.3 Å². The van der Waals surface area contributed by atoms with Gasteiger partial charge in [-0.1, -0.05) is 18.2 Å². The number of thioether (sulfide) groups is 1. The summed E-state index contributed by atoms with van der Waals surface area (Å²) in [5.41, 5.74) is 9.51. The fourth-order valence-corrected chi connectivity index (χ4v) is 3.27. The number of ether oxygens (including phenoxy) is 1. The summed E-state index contributed by atoms with van der Waals surface area (Å²) in [7, 11) is 3.95. The van der Waals surface area contributed by atoms with Gasteiger partial charge >= 0.3 is 0 Å². The van der Waals surface area contributed by atoms with Gasteiger partial charge in [-0.15, -0.1) is 11.8 Å². The summed E-state index contributed by atoms with van der Waals surface area (Å²) in [6.07, 6.45) is 2.04. The number of benzene rings is 2. The molecule has 4 nitrogen and oxygen atoms in total. The molecule has 0 bridgehead atoms. The van der Waals surface area contributed by atoms with E-state index in [1.165, 1.54) is 4.90 Å². The van der Waals surface area contributed by atoms with E-state index in [0.717, 1.165) is 16.8 Å². The molecule has 1 heterocycles. The highest BCUT2D eigenvalue weighted by Gasteiger charge is 2.30. The highest BCUT2D eigenvalue weighted by Crippen LogP contribution is 2.43. The van der Waals surface area contributed by atoms with Crippen LogP contribution in [-0.4, -0.2) is 20.4 Å². The SMILES string of the molecule is CSc1ccc([C@H]2C(C#N)=C(N)Oc3cc(N(C)C)ccc32)cc1. The molecular formula is C19H19N3OS. The molecule has 2 aromatic carbocycles. The molecule has 2 N–H and O–H groups in total. The van der Waals surface area contributed by atoms with Gasteiger partial charge in [0, 0.05) is 36.3 Å². The van der Waals surface area contributed by atoms with Crippen molar-refractivity contribution in [1.82, 2.24) is 0 Å². The Balaban J connectivity index is 2.14. The Labute approximate surface area is 146 Å². The van der Waals surface area contributed by atoms with Crippen LogP contribution in [0.1, 0.15) is 17.0 Å². The number of nitriles is 1. The van der Waals surface area contributed by atoms with Crippen molar-refractivity contribution in [3.8, 4) is 11.8 Å². The van der Waals surface area contributed by atoms with Crippen molar-refractivity contribution in [2.45, 2.75) is 10.8 Å². The molecule has 24 heavy (non-hydrogen) atoms. The number of nitrogens with zero attached hydrogens (tertiary/aromatic N) is 2. The van der Waals surface area contributed by atoms with E-state index in [4.69, 9.17) is 10.5 Å². The summed E-state index contributed by atoms with van der Waals surface area (Å²) in [5.74, 6) is 0.683. The smallest absolute Gasteiger partial charge is 0.205 e. The van der Waals surface area contributed by atoms with E-state index in [1.54, 1.807) is 11.8 Å². The minimum Gasteiger partial charge on any atom is -0.440 e. The third-order valence-electron chi connectivity index (χ3n) is 4.17. The molecular weight excluding hydrogens is 318 g/mol. The van der Waals surface area contributed by atoms with Crippen LogP contribution in [0.15, 0.2) is 58.8 Å². The van der Waals surface area contributed by atoms with Crippen LogP contribution >= 0.6 is 11.8 Å². The van der Waals surface area contributed by atoms with Crippen LogP contribution < -0.4 is 15.4 Å². The zero-order valence-electron chi connectivity index (χ0n) is 13.9. The number of hydrogen-bond acceptors (Lipinski definition) is 5. The van der Waals surface area contributed by atoms with E-state index in [1.807, 2.05) is 43.5 Å². The minimum atomic E-state index is -0.203. The largest absolute Gasteiger partial charge is 0.440 e. The van der Waals surface area contributed by atoms with Crippen LogP contribution in [0.2, 0.25) is 0 Å². The zero-order chi connectivity index (χ0) is 17.3. The Kier molecular flexibility index (Phi) is 4.41. The van der Waals surface area contributed by atoms with E-state index in [0.29, 0.717) is 11.3 Å². The Morgan fingerprint density at radius 3 is 2.46 bits per heavy atom. The molecule has 5 heteroatoms. The Morgan fingerprint density at radius 1 is 1.17 bits per heavy atom. The molecule has 0 unspecified atom stereocenters. The third kappa shape index (κ3) is 2.81. The molecule has 122 valence electrons. The Hall–Kier alpha value is -2.58. The van der Waals surface area contributed by atoms with Gasteiger partial charge in [0.2, 0.25) is 5.88 Å². The molecule has 0 radical (unpaired) electrons. The highest BCUT2D eigenvalue weighted by molar-refractivity contribution is 7.98. The van der Waals surface area contributed by atoms with Crippen molar-refractivity contribution in [2.24, 2.45) is 5.73 Å². The zero-order valence-corrected chi connectivity index (χ0v) is 14.7. The summed E-state index contributed by atoms with van der Waals surface area (Å²) < 4.78 is 5.73. The van der Waals surface area contributed by atoms with Gasteiger partial charge in [0.15, 0.2) is 0 Å². The molecule has 3 rings (SSSR count). The second-order valence-corrected chi connectivity index (χ2v) is 6.69. The molecule has 0 fully saturated rings. The molecule has 2 aromatic rings. The van der Waals surface area contributed by atoms with Gasteiger partial charge in [-0.25, -0.2) is 0 Å². The van der Waals surface area contributed by atoms with Crippen molar-refractivity contribution < 1.29 is 4.74 Å². The van der Waals surface area contributed by atoms with Gasteiger partial charge < -0.3 is 15.4 Å². The first-order valence-corrected chi connectivity index (χ1v) is 8.80. The molecule has 1 atom stereocenters. The van der Waals surface area contributed by atoms with Crippen LogP contribution in [0.25, 0.3) is 0 Å². The van der Waals surface area contributed by atoms with E-state index >= 15 is 0 Å². The standard InChI is InChI=1S/C19H19N3OS/c1-22(2)13-6-9-15-17(10-13)23-19(21)16(11-20)18(15)12-4-7-14(24-3)8-5-12/h4-10,18H,21H2,1-3H3/t18-/m1/s1. The molecule has 1 aliphatic rings. The lowest BCUT2D eigenvalue weighted by Crippen LogP contribution is -2.21. The number of fused-ring (bicyclic) bond motifs is 1. The van der Waals surface area contributed by atoms with Crippen LogP contribution in [0.3, 0.4) is 0 Å². The Morgan fingerprint density at radius 2 is 1.88 bits per heavy atom. The molecule has 0 saturated heterocycles. The summed E-state index contributed by atoms with van der Waals surface area (Å²) in [6, 6.07) is 16.5. The molecule has 0 aromatic heterocycles. The molecule has 1 aliphatic heterocycles. The average molecular weight is 337 g/mol. The van der Waals surface area contributed by atoms with Crippen LogP contribution in [0, 0.1) is 11.3 Å². The van der Waals surface area contributed by atoms with Crippen LogP contribution in [-0.2, 0) is 0 Å². The van der Waals surface area contributed by atoms with Gasteiger partial charge in [-0.2, -0.15) is 5.26 Å². The van der Waals surface area contributed by atoms with Crippen LogP contribution in [0.4, 0.5) is 5.69 Å². The fourth-order valence-electron chi connectivity index (χ4n) is 2.86. The predicted molar refractivity (Wildman–Crippen MR) is 98.3 cm³/mol. The maximum absolute atomic E-state index is 9.58. The lowest BCUT2D eigenvalue weighted by atomic mass is 9.83. The second-order valence-electron chi connectivity index (χ2n) is 5.81. The first-order valence-electron chi connectivity index (χ1n) is 7.58. The quantitative estimate of drug-likeness (QED) is 0.866. The number of rotatable bonds is 3. The van der Waals surface area contributed by atoms with Crippen molar-refractivity contribution >= 4 is 17.4 Å². The number of anilines is 1. The second kappa shape index (κ2) is 6.50. The van der Waals surface area contributed by atoms with E-state index < -0.39 is 0 Å². The summed E-state index contributed by atoms with van der Waals surface area (Å²) in [5, 5.41) is 9.58. The van der Waals surface area contributed by atoms with Crippen molar-refractivity contribution in [3.63, 3.8) is 0 Å². The molecule has 0 saturated carbocycles. The monoisotopic (exact) mass is 337 g/mol. The lowest BCUT2D eigenvalue weighted by molar-refractivity contribution is 0.394. The first kappa shape index (κ1) is 16.3. The van der Waals surface area contributed by atoms with Gasteiger partial charge in [0.25, 0.3) is 0 Å². The van der Waals surface area contributed by atoms with E-state index in [9.17, 15) is 5.26 Å². The van der Waals surface area contributed by atoms with Gasteiger partial charge in [0.1, 0.15) is 17.4 Å². The average Bonchev–Trinajstić information content (AvgIpc) is 2.60. The van der Waals surface area contributed by atoms with E-state index in [-0.39, 0.29) is 11.8 Å². The summed E-state index contributed by atoms with van der Waals surface area (Å²) in [4.78, 5) is 3.19. The molecule has 0 spiro atoms. The van der Waals surface area contributed by atoms with Gasteiger partial charge in [-0.3, -0.25) is 0 Å². The Bertz CT molecular complexity index is 835. The number of hydrogen-bond donors (Lipinski definition) is 1. The number of allylic oxidation sites excluding steroid dienone is 1. The molecule has 0 aliphatic carbocycles. The highest BCUT2D eigenvalue weighted by atomic mass is 32.2. The normalized spacial score (nSPS) is 16.2. The summed E-state index contributed by atoms with van der Waals surface area (Å²) in [6.45, 7) is 0. The number of nitrogens with two attached hydrogens (primary N) is 1. The maximum atomic E-state index is 9.58. The lowest BCUT2D eigenvalue weighted by Gasteiger charge is -2.27. The third-order valence-corrected chi connectivity index (χ3v) is 4.91. The first-order chi connectivity index (χ1) is 11.5. The topological polar surface area (TPSA) is 62.3 Å². The maximum Gasteiger partial charge on any atom is 0.205 e. The molecule has 0 amide bonds. The minimum absolute atomic E-state index is 0.180. The van der Waals surface area contributed by atoms with Crippen molar-refractivity contribution in [3.05, 3.63) is 65.0 Å². The van der Waals surface area contributed by atoms with Crippen LogP contribution in [0.5, 0.6) is 5.75 Å².